The highest BCUT2D eigenvalue weighted by atomic mass is 35.5. The van der Waals surface area contributed by atoms with Gasteiger partial charge in [0.15, 0.2) is 0 Å². The molecule has 1 aromatic rings. The summed E-state index contributed by atoms with van der Waals surface area (Å²) in [5.41, 5.74) is 5.66. The Morgan fingerprint density at radius 1 is 1.60 bits per heavy atom. The van der Waals surface area contributed by atoms with Crippen LogP contribution < -0.4 is 10.5 Å². The fourth-order valence-electron chi connectivity index (χ4n) is 1.18. The Balaban J connectivity index is 0.00000196. The van der Waals surface area contributed by atoms with Gasteiger partial charge in [0, 0.05) is 0 Å². The Morgan fingerprint density at radius 2 is 2.20 bits per heavy atom. The molecule has 15 heavy (non-hydrogen) atoms. The van der Waals surface area contributed by atoms with Crippen LogP contribution in [0.25, 0.3) is 0 Å². The Bertz CT molecular complexity index is 336. The third-order valence-electron chi connectivity index (χ3n) is 1.88. The summed E-state index contributed by atoms with van der Waals surface area (Å²) in [6, 6.07) is 2.07. The highest BCUT2D eigenvalue weighted by molar-refractivity contribution is 6.32. The summed E-state index contributed by atoms with van der Waals surface area (Å²) in [5.74, 6) is 0.105. The predicted octanol–water partition coefficient (Wildman–Crippen LogP) is 2.45. The van der Waals surface area contributed by atoms with Gasteiger partial charge in [0.05, 0.1) is 23.7 Å². The lowest BCUT2D eigenvalue weighted by atomic mass is 10.1. The maximum atomic E-state index is 12.4. The summed E-state index contributed by atoms with van der Waals surface area (Å²) in [5, 5.41) is 9.68. The molecule has 0 aromatic heterocycles. The van der Waals surface area contributed by atoms with Crippen LogP contribution in [0.3, 0.4) is 0 Å². The minimum Gasteiger partial charge on any atom is -0.506 e. The fourth-order valence-corrected chi connectivity index (χ4v) is 1.34. The molecule has 1 aromatic carbocycles. The van der Waals surface area contributed by atoms with Gasteiger partial charge in [-0.1, -0.05) is 11.6 Å². The molecule has 86 valence electrons. The van der Waals surface area contributed by atoms with Crippen LogP contribution in [0, 0.1) is 0 Å². The number of ether oxygens (including phenoxy) is 1. The van der Waals surface area contributed by atoms with Crippen LogP contribution >= 0.6 is 24.0 Å². The second-order valence-corrected chi connectivity index (χ2v) is 3.18. The van der Waals surface area contributed by atoms with Crippen LogP contribution in [-0.4, -0.2) is 18.9 Å². The lowest BCUT2D eigenvalue weighted by Gasteiger charge is -2.15. The Labute approximate surface area is 98.4 Å². The Kier molecular flexibility index (Phi) is 5.72. The van der Waals surface area contributed by atoms with Crippen LogP contribution in [0.4, 0.5) is 4.39 Å². The summed E-state index contributed by atoms with van der Waals surface area (Å²) >= 11 is 5.66. The van der Waals surface area contributed by atoms with E-state index in [9.17, 15) is 9.50 Å². The van der Waals surface area contributed by atoms with Crippen molar-refractivity contribution in [3.63, 3.8) is 0 Å². The second kappa shape index (κ2) is 6.00. The first-order valence-electron chi connectivity index (χ1n) is 3.98. The highest BCUT2D eigenvalue weighted by Crippen LogP contribution is 2.37. The molecule has 0 bridgehead atoms. The zero-order valence-corrected chi connectivity index (χ0v) is 9.61. The van der Waals surface area contributed by atoms with Gasteiger partial charge in [-0.2, -0.15) is 0 Å². The molecule has 0 aliphatic carbocycles. The van der Waals surface area contributed by atoms with E-state index in [1.54, 1.807) is 0 Å². The van der Waals surface area contributed by atoms with Gasteiger partial charge in [-0.15, -0.1) is 12.4 Å². The molecule has 1 atom stereocenters. The molecule has 0 aliphatic rings. The van der Waals surface area contributed by atoms with Crippen molar-refractivity contribution in [3.8, 4) is 11.5 Å². The SMILES string of the molecule is COc1ccc(Cl)c(O)c1[C@H](N)CF.Cl. The Hall–Kier alpha value is -0.710. The van der Waals surface area contributed by atoms with Crippen molar-refractivity contribution in [2.24, 2.45) is 5.73 Å². The van der Waals surface area contributed by atoms with E-state index < -0.39 is 12.7 Å². The monoisotopic (exact) mass is 255 g/mol. The number of rotatable bonds is 3. The second-order valence-electron chi connectivity index (χ2n) is 2.77. The van der Waals surface area contributed by atoms with Gasteiger partial charge in [-0.05, 0) is 12.1 Å². The first-order valence-corrected chi connectivity index (χ1v) is 4.36. The van der Waals surface area contributed by atoms with E-state index in [0.717, 1.165) is 0 Å². The Morgan fingerprint density at radius 3 is 2.67 bits per heavy atom. The maximum Gasteiger partial charge on any atom is 0.142 e. The lowest BCUT2D eigenvalue weighted by molar-refractivity contribution is 0.374. The number of phenolic OH excluding ortho intramolecular Hbond substituents is 1. The quantitative estimate of drug-likeness (QED) is 0.873. The third kappa shape index (κ3) is 2.87. The molecule has 0 unspecified atom stereocenters. The molecule has 0 saturated heterocycles. The molecule has 3 nitrogen and oxygen atoms in total. The van der Waals surface area contributed by atoms with Crippen molar-refractivity contribution in [2.45, 2.75) is 6.04 Å². The van der Waals surface area contributed by atoms with E-state index in [0.29, 0.717) is 5.75 Å². The smallest absolute Gasteiger partial charge is 0.142 e. The first kappa shape index (κ1) is 14.3. The van der Waals surface area contributed by atoms with Crippen LogP contribution in [0.15, 0.2) is 12.1 Å². The van der Waals surface area contributed by atoms with E-state index in [4.69, 9.17) is 22.1 Å². The average Bonchev–Trinajstić information content (AvgIpc) is 2.20. The van der Waals surface area contributed by atoms with E-state index in [2.05, 4.69) is 0 Å². The van der Waals surface area contributed by atoms with Gasteiger partial charge in [0.2, 0.25) is 0 Å². The number of alkyl halides is 1. The number of aromatic hydroxyl groups is 1. The summed E-state index contributed by atoms with van der Waals surface area (Å²) < 4.78 is 17.3. The van der Waals surface area contributed by atoms with Crippen molar-refractivity contribution in [1.29, 1.82) is 0 Å². The maximum absolute atomic E-state index is 12.4. The largest absolute Gasteiger partial charge is 0.506 e. The average molecular weight is 256 g/mol. The van der Waals surface area contributed by atoms with E-state index in [-0.39, 0.29) is 28.7 Å². The van der Waals surface area contributed by atoms with Gasteiger partial charge in [0.1, 0.15) is 18.2 Å². The molecule has 0 heterocycles. The molecule has 0 aliphatic heterocycles. The van der Waals surface area contributed by atoms with Gasteiger partial charge in [0.25, 0.3) is 0 Å². The summed E-state index contributed by atoms with van der Waals surface area (Å²) in [6.45, 7) is -0.787. The molecular formula is C9H12Cl2FNO2. The van der Waals surface area contributed by atoms with Crippen molar-refractivity contribution < 1.29 is 14.2 Å². The number of methoxy groups -OCH3 is 1. The fraction of sp³-hybridized carbons (Fsp3) is 0.333. The molecule has 0 spiro atoms. The van der Waals surface area contributed by atoms with Gasteiger partial charge in [-0.25, -0.2) is 4.39 Å². The molecule has 3 N–H and O–H groups in total. The minimum absolute atomic E-state index is 0. The lowest BCUT2D eigenvalue weighted by Crippen LogP contribution is -2.13. The van der Waals surface area contributed by atoms with Gasteiger partial charge < -0.3 is 15.6 Å². The van der Waals surface area contributed by atoms with Crippen molar-refractivity contribution in [3.05, 3.63) is 22.7 Å². The normalized spacial score (nSPS) is 11.7. The number of halogens is 3. The first-order chi connectivity index (χ1) is 6.61. The topological polar surface area (TPSA) is 55.5 Å². The van der Waals surface area contributed by atoms with Gasteiger partial charge in [-0.3, -0.25) is 0 Å². The van der Waals surface area contributed by atoms with Crippen LogP contribution in [0.1, 0.15) is 11.6 Å². The molecule has 0 saturated carbocycles. The number of hydrogen-bond donors (Lipinski definition) is 2. The number of hydrogen-bond acceptors (Lipinski definition) is 3. The summed E-state index contributed by atoms with van der Waals surface area (Å²) in [7, 11) is 1.41. The van der Waals surface area contributed by atoms with Crippen molar-refractivity contribution >= 4 is 24.0 Å². The number of benzene rings is 1. The molecular weight excluding hydrogens is 244 g/mol. The number of phenols is 1. The number of nitrogens with two attached hydrogens (primary N) is 1. The van der Waals surface area contributed by atoms with Crippen LogP contribution in [0.2, 0.25) is 5.02 Å². The van der Waals surface area contributed by atoms with E-state index >= 15 is 0 Å². The van der Waals surface area contributed by atoms with Crippen LogP contribution in [0.5, 0.6) is 11.5 Å². The molecule has 0 fully saturated rings. The zero-order chi connectivity index (χ0) is 10.7. The molecule has 6 heteroatoms. The van der Waals surface area contributed by atoms with Crippen LogP contribution in [-0.2, 0) is 0 Å². The summed E-state index contributed by atoms with van der Waals surface area (Å²) in [6.07, 6.45) is 0. The molecule has 0 radical (unpaired) electrons. The zero-order valence-electron chi connectivity index (χ0n) is 8.04. The van der Waals surface area contributed by atoms with Crippen molar-refractivity contribution in [2.75, 3.05) is 13.8 Å². The molecule has 1 rings (SSSR count). The highest BCUT2D eigenvalue weighted by Gasteiger charge is 2.18. The standard InChI is InChI=1S/C9H11ClFNO2.ClH/c1-14-7-3-2-5(10)9(13)8(7)6(12)4-11;/h2-3,6,13H,4,12H2,1H3;1H/t6-;/m1./s1. The van der Waals surface area contributed by atoms with Crippen molar-refractivity contribution in [1.82, 2.24) is 0 Å². The van der Waals surface area contributed by atoms with E-state index in [1.807, 2.05) is 0 Å². The summed E-state index contributed by atoms with van der Waals surface area (Å²) in [4.78, 5) is 0. The predicted molar refractivity (Wildman–Crippen MR) is 59.8 cm³/mol. The van der Waals surface area contributed by atoms with Gasteiger partial charge >= 0.3 is 0 Å². The minimum atomic E-state index is -0.927. The van der Waals surface area contributed by atoms with E-state index in [1.165, 1.54) is 19.2 Å². The third-order valence-corrected chi connectivity index (χ3v) is 2.19. The molecule has 0 amide bonds.